The van der Waals surface area contributed by atoms with E-state index in [1.807, 2.05) is 60.7 Å². The Balaban J connectivity index is 0.000000182. The van der Waals surface area contributed by atoms with E-state index in [2.05, 4.69) is 5.32 Å². The molecule has 1 N–H and O–H groups in total. The van der Waals surface area contributed by atoms with Gasteiger partial charge in [0.15, 0.2) is 23.3 Å². The highest BCUT2D eigenvalue weighted by molar-refractivity contribution is 6.63. The molecule has 4 aromatic carbocycles. The van der Waals surface area contributed by atoms with Crippen molar-refractivity contribution in [1.82, 2.24) is 10.2 Å². The molecule has 0 unspecified atom stereocenters. The Hall–Kier alpha value is -5.23. The van der Waals surface area contributed by atoms with Crippen molar-refractivity contribution < 1.29 is 46.2 Å². The third kappa shape index (κ3) is 10.9. The van der Waals surface area contributed by atoms with E-state index in [-0.39, 0.29) is 36.3 Å². The molecule has 0 bridgehead atoms. The van der Waals surface area contributed by atoms with Crippen molar-refractivity contribution in [3.05, 3.63) is 143 Å². The van der Waals surface area contributed by atoms with Crippen molar-refractivity contribution in [2.45, 2.75) is 37.8 Å². The summed E-state index contributed by atoms with van der Waals surface area (Å²) in [6, 6.07) is 26.4. The number of imide groups is 1. The van der Waals surface area contributed by atoms with E-state index in [9.17, 15) is 36.7 Å². The number of alkyl carbamates (subject to hydrolysis) is 1. The maximum absolute atomic E-state index is 13.7. The van der Waals surface area contributed by atoms with Crippen LogP contribution >= 0.6 is 11.6 Å². The molecule has 3 amide bonds. The van der Waals surface area contributed by atoms with Crippen LogP contribution in [-0.4, -0.2) is 53.5 Å². The van der Waals surface area contributed by atoms with Gasteiger partial charge in [-0.3, -0.25) is 9.59 Å². The molecule has 2 aliphatic rings. The first-order valence-electron chi connectivity index (χ1n) is 15.1. The Morgan fingerprint density at radius 2 is 1.22 bits per heavy atom. The van der Waals surface area contributed by atoms with E-state index in [4.69, 9.17) is 21.1 Å². The Bertz CT molecular complexity index is 1760. The summed E-state index contributed by atoms with van der Waals surface area (Å²) in [5.74, 6) is -4.68. The van der Waals surface area contributed by atoms with Crippen molar-refractivity contribution in [1.29, 1.82) is 0 Å². The number of carbonyl (C=O) groups is 4. The average Bonchev–Trinajstić information content (AvgIpc) is 3.66. The zero-order valence-corrected chi connectivity index (χ0v) is 26.7. The summed E-state index contributed by atoms with van der Waals surface area (Å²) in [4.78, 5) is 46.4. The summed E-state index contributed by atoms with van der Waals surface area (Å²) < 4.78 is 62.0. The maximum atomic E-state index is 13.7. The van der Waals surface area contributed by atoms with Gasteiger partial charge in [-0.15, -0.1) is 0 Å². The molecule has 2 fully saturated rings. The van der Waals surface area contributed by atoms with E-state index in [1.54, 1.807) is 0 Å². The van der Waals surface area contributed by atoms with Crippen molar-refractivity contribution in [2.75, 3.05) is 13.2 Å². The lowest BCUT2D eigenvalue weighted by molar-refractivity contribution is -0.128. The molecule has 0 saturated carbocycles. The maximum Gasteiger partial charge on any atom is 0.416 e. The average molecular weight is 699 g/mol. The predicted octanol–water partition coefficient (Wildman–Crippen LogP) is 6.71. The summed E-state index contributed by atoms with van der Waals surface area (Å²) in [6.45, 7) is 0.568. The highest BCUT2D eigenvalue weighted by Gasteiger charge is 2.38. The molecule has 13 heteroatoms. The van der Waals surface area contributed by atoms with Gasteiger partial charge in [0, 0.05) is 12.0 Å². The van der Waals surface area contributed by atoms with Gasteiger partial charge in [-0.2, -0.15) is 0 Å². The number of carbonyl (C=O) groups excluding carboxylic acids is 4. The van der Waals surface area contributed by atoms with Gasteiger partial charge in [-0.1, -0.05) is 84.9 Å². The topological polar surface area (TPSA) is 102 Å². The van der Waals surface area contributed by atoms with Crippen LogP contribution in [0.4, 0.5) is 27.2 Å². The zero-order chi connectivity index (χ0) is 35.3. The van der Waals surface area contributed by atoms with Crippen LogP contribution in [0.1, 0.15) is 22.3 Å². The second kappa shape index (κ2) is 17.8. The summed E-state index contributed by atoms with van der Waals surface area (Å²) >= 11 is 5.01. The molecule has 8 nitrogen and oxygen atoms in total. The van der Waals surface area contributed by atoms with Crippen molar-refractivity contribution in [3.63, 3.8) is 0 Å². The smallest absolute Gasteiger partial charge is 0.416 e. The van der Waals surface area contributed by atoms with Gasteiger partial charge in [0.1, 0.15) is 13.2 Å². The number of hydrogen-bond acceptors (Lipinski definition) is 6. The number of ether oxygens (including phenoxy) is 2. The number of amides is 3. The summed E-state index contributed by atoms with van der Waals surface area (Å²) in [5.41, 5.74) is 2.07. The molecule has 0 spiro atoms. The van der Waals surface area contributed by atoms with E-state index in [0.717, 1.165) is 29.0 Å². The minimum Gasteiger partial charge on any atom is -0.447 e. The lowest BCUT2D eigenvalue weighted by Gasteiger charge is -2.20. The van der Waals surface area contributed by atoms with Crippen LogP contribution in [0.5, 0.6) is 0 Å². The number of halogens is 5. The van der Waals surface area contributed by atoms with Gasteiger partial charge in [-0.05, 0) is 53.3 Å². The number of hydrogen-bond donors (Lipinski definition) is 1. The molecule has 0 aliphatic carbocycles. The van der Waals surface area contributed by atoms with E-state index >= 15 is 0 Å². The molecule has 0 radical (unpaired) electrons. The standard InChI is InChI=1S/C18H15F2NO3.C10H11NO2.C8H5ClF2O/c19-15-8-4-7-13(17(15)20)10-16(22)21-14(11-24-18(21)23)9-12-5-2-1-3-6-12;12-10-11-9(7-13-10)6-8-4-2-1-3-5-8;9-7(12)4-5-2-1-3-6(10)8(5)11/h1-8,14H,9-11H2;1-5,9H,6-7H2,(H,11,12);1-3H,4H2/t14-;9-;/m11./s1. The number of nitrogens with zero attached hydrogens (tertiary/aromatic N) is 1. The fourth-order valence-electron chi connectivity index (χ4n) is 5.01. The highest BCUT2D eigenvalue weighted by atomic mass is 35.5. The van der Waals surface area contributed by atoms with Crippen LogP contribution in [0.25, 0.3) is 0 Å². The monoisotopic (exact) mass is 698 g/mol. The minimum atomic E-state index is -1.07. The molecule has 2 aliphatic heterocycles. The lowest BCUT2D eigenvalue weighted by Crippen LogP contribution is -2.41. The summed E-state index contributed by atoms with van der Waals surface area (Å²) in [5, 5.41) is 2.03. The van der Waals surface area contributed by atoms with Crippen molar-refractivity contribution >= 4 is 34.9 Å². The quantitative estimate of drug-likeness (QED) is 0.162. The molecular weight excluding hydrogens is 668 g/mol. The molecule has 2 heterocycles. The highest BCUT2D eigenvalue weighted by Crippen LogP contribution is 2.20. The van der Waals surface area contributed by atoms with E-state index in [1.165, 1.54) is 29.8 Å². The lowest BCUT2D eigenvalue weighted by atomic mass is 10.0. The summed E-state index contributed by atoms with van der Waals surface area (Å²) in [7, 11) is 0. The van der Waals surface area contributed by atoms with Crippen molar-refractivity contribution in [3.8, 4) is 0 Å². The number of nitrogens with one attached hydrogen (secondary N) is 1. The zero-order valence-electron chi connectivity index (χ0n) is 25.9. The Kier molecular flexibility index (Phi) is 13.3. The number of benzene rings is 4. The fourth-order valence-corrected chi connectivity index (χ4v) is 5.15. The van der Waals surface area contributed by atoms with Gasteiger partial charge in [0.05, 0.1) is 18.5 Å². The van der Waals surface area contributed by atoms with Gasteiger partial charge < -0.3 is 14.8 Å². The largest absolute Gasteiger partial charge is 0.447 e. The van der Waals surface area contributed by atoms with Gasteiger partial charge in [0.2, 0.25) is 11.1 Å². The number of rotatable bonds is 8. The SMILES string of the molecule is O=C(Cc1cccc(F)c1F)N1C(=O)OC[C@H]1Cc1ccccc1.O=C(Cl)Cc1cccc(F)c1F.O=C1N[C@H](Cc2ccccc2)CO1. The third-order valence-corrected chi connectivity index (χ3v) is 7.47. The van der Waals surface area contributed by atoms with Gasteiger partial charge in [-0.25, -0.2) is 32.1 Å². The normalized spacial score (nSPS) is 16.3. The minimum absolute atomic E-state index is 0.0185. The third-order valence-electron chi connectivity index (χ3n) is 7.34. The van der Waals surface area contributed by atoms with E-state index < -0.39 is 53.0 Å². The molecule has 0 aromatic heterocycles. The molecule has 49 heavy (non-hydrogen) atoms. The first-order valence-corrected chi connectivity index (χ1v) is 15.4. The first-order chi connectivity index (χ1) is 23.5. The Morgan fingerprint density at radius 3 is 1.73 bits per heavy atom. The van der Waals surface area contributed by atoms with E-state index in [0.29, 0.717) is 13.0 Å². The van der Waals surface area contributed by atoms with Crippen LogP contribution in [0.15, 0.2) is 97.1 Å². The van der Waals surface area contributed by atoms with Crippen LogP contribution in [-0.2, 0) is 44.7 Å². The molecular formula is C36H31ClF4N2O6. The van der Waals surface area contributed by atoms with Gasteiger partial charge in [0.25, 0.3) is 0 Å². The molecule has 2 atom stereocenters. The fraction of sp³-hybridized carbons (Fsp3) is 0.222. The van der Waals surface area contributed by atoms with Crippen molar-refractivity contribution in [2.24, 2.45) is 0 Å². The van der Waals surface area contributed by atoms with Crippen LogP contribution in [0.2, 0.25) is 0 Å². The van der Waals surface area contributed by atoms with Gasteiger partial charge >= 0.3 is 12.2 Å². The molecule has 2 saturated heterocycles. The molecule has 4 aromatic rings. The first kappa shape index (κ1) is 36.6. The predicted molar refractivity (Wildman–Crippen MR) is 172 cm³/mol. The molecule has 256 valence electrons. The van der Waals surface area contributed by atoms with Crippen LogP contribution in [0, 0.1) is 23.3 Å². The second-order valence-corrected chi connectivity index (χ2v) is 11.4. The summed E-state index contributed by atoms with van der Waals surface area (Å²) in [6.07, 6.45) is -0.454. The molecule has 6 rings (SSSR count). The van der Waals surface area contributed by atoms with Crippen LogP contribution in [0.3, 0.4) is 0 Å². The Morgan fingerprint density at radius 1 is 0.694 bits per heavy atom. The number of cyclic esters (lactones) is 2. The second-order valence-electron chi connectivity index (χ2n) is 10.9. The Labute approximate surface area is 284 Å². The van der Waals surface area contributed by atoms with Crippen LogP contribution < -0.4 is 5.32 Å².